The van der Waals surface area contributed by atoms with E-state index in [1.807, 2.05) is 24.3 Å². The van der Waals surface area contributed by atoms with E-state index in [0.717, 1.165) is 30.8 Å². The van der Waals surface area contributed by atoms with Crippen molar-refractivity contribution in [3.05, 3.63) is 48.2 Å². The number of aromatic nitrogens is 3. The lowest BCUT2D eigenvalue weighted by molar-refractivity contribution is 0.135. The largest absolute Gasteiger partial charge is 0.497 e. The molecule has 0 radical (unpaired) electrons. The van der Waals surface area contributed by atoms with E-state index in [1.165, 1.54) is 6.33 Å². The fraction of sp³-hybridized carbons (Fsp3) is 0.286. The molecule has 3 rings (SSSR count). The van der Waals surface area contributed by atoms with Gasteiger partial charge in [0.05, 0.1) is 23.5 Å². The lowest BCUT2D eigenvalue weighted by atomic mass is 10.1. The zero-order chi connectivity index (χ0) is 13.8. The van der Waals surface area contributed by atoms with Crippen LogP contribution in [0.5, 0.6) is 0 Å². The van der Waals surface area contributed by atoms with Crippen molar-refractivity contribution in [2.24, 2.45) is 0 Å². The Morgan fingerprint density at radius 2 is 2.40 bits per heavy atom. The number of para-hydroxylation sites is 1. The molecule has 1 aromatic carbocycles. The first-order valence-electron chi connectivity index (χ1n) is 6.52. The first-order chi connectivity index (χ1) is 9.84. The van der Waals surface area contributed by atoms with Gasteiger partial charge in [0.2, 0.25) is 0 Å². The quantitative estimate of drug-likeness (QED) is 0.940. The van der Waals surface area contributed by atoms with Gasteiger partial charge in [-0.2, -0.15) is 5.10 Å². The van der Waals surface area contributed by atoms with Gasteiger partial charge >= 0.3 is 0 Å². The molecule has 0 fully saturated rings. The number of benzene rings is 1. The predicted octanol–water partition coefficient (Wildman–Crippen LogP) is 3.03. The van der Waals surface area contributed by atoms with Gasteiger partial charge < -0.3 is 10.1 Å². The maximum absolute atomic E-state index is 6.27. The van der Waals surface area contributed by atoms with Gasteiger partial charge in [0, 0.05) is 0 Å². The standard InChI is InChI=1S/C14H15ClN4O/c15-12-5-3-6-13(14(12)19-10-16-9-18-19)17-8-11-4-1-2-7-20-11/h2-3,5-7,9-11,17H,1,4,8H2. The van der Waals surface area contributed by atoms with E-state index in [4.69, 9.17) is 16.3 Å². The molecule has 5 nitrogen and oxygen atoms in total. The summed E-state index contributed by atoms with van der Waals surface area (Å²) in [6.07, 6.45) is 9.18. The molecule has 1 aliphatic heterocycles. The number of rotatable bonds is 4. The number of allylic oxidation sites excluding steroid dienone is 1. The van der Waals surface area contributed by atoms with Gasteiger partial charge in [-0.3, -0.25) is 0 Å². The van der Waals surface area contributed by atoms with Crippen molar-refractivity contribution in [3.63, 3.8) is 0 Å². The van der Waals surface area contributed by atoms with E-state index in [9.17, 15) is 0 Å². The van der Waals surface area contributed by atoms with Crippen molar-refractivity contribution in [1.29, 1.82) is 0 Å². The third-order valence-electron chi connectivity index (χ3n) is 3.18. The summed E-state index contributed by atoms with van der Waals surface area (Å²) in [7, 11) is 0. The fourth-order valence-corrected chi connectivity index (χ4v) is 2.43. The number of nitrogens with one attached hydrogen (secondary N) is 1. The molecular weight excluding hydrogens is 276 g/mol. The van der Waals surface area contributed by atoms with Gasteiger partial charge in [-0.1, -0.05) is 17.7 Å². The van der Waals surface area contributed by atoms with Gasteiger partial charge in [-0.05, 0) is 31.1 Å². The Morgan fingerprint density at radius 3 is 3.15 bits per heavy atom. The van der Waals surface area contributed by atoms with Crippen molar-refractivity contribution in [2.45, 2.75) is 18.9 Å². The van der Waals surface area contributed by atoms with Crippen molar-refractivity contribution >= 4 is 17.3 Å². The Bertz CT molecular complexity index is 597. The number of halogens is 1. The van der Waals surface area contributed by atoms with Crippen LogP contribution in [0, 0.1) is 0 Å². The molecule has 0 saturated heterocycles. The molecule has 1 unspecified atom stereocenters. The third kappa shape index (κ3) is 2.77. The lowest BCUT2D eigenvalue weighted by Crippen LogP contribution is -2.23. The van der Waals surface area contributed by atoms with Crippen LogP contribution in [0.1, 0.15) is 12.8 Å². The molecule has 0 bridgehead atoms. The number of anilines is 1. The van der Waals surface area contributed by atoms with Crippen LogP contribution in [0.15, 0.2) is 43.2 Å². The summed E-state index contributed by atoms with van der Waals surface area (Å²) in [5, 5.41) is 8.15. The second kappa shape index (κ2) is 5.96. The summed E-state index contributed by atoms with van der Waals surface area (Å²) in [4.78, 5) is 3.96. The average molecular weight is 291 g/mol. The summed E-state index contributed by atoms with van der Waals surface area (Å²) in [6.45, 7) is 0.729. The molecule has 0 aliphatic carbocycles. The second-order valence-corrected chi connectivity index (χ2v) is 4.97. The minimum atomic E-state index is 0.183. The monoisotopic (exact) mass is 290 g/mol. The highest BCUT2D eigenvalue weighted by atomic mass is 35.5. The molecule has 1 aliphatic rings. The summed E-state index contributed by atoms with van der Waals surface area (Å²) in [5.74, 6) is 0. The number of hydrogen-bond acceptors (Lipinski definition) is 4. The Hall–Kier alpha value is -2.01. The van der Waals surface area contributed by atoms with Crippen molar-refractivity contribution in [2.75, 3.05) is 11.9 Å². The molecular formula is C14H15ClN4O. The van der Waals surface area contributed by atoms with Crippen LogP contribution in [0.4, 0.5) is 5.69 Å². The van der Waals surface area contributed by atoms with E-state index in [1.54, 1.807) is 17.3 Å². The number of hydrogen-bond donors (Lipinski definition) is 1. The highest BCUT2D eigenvalue weighted by molar-refractivity contribution is 6.33. The molecule has 6 heteroatoms. The second-order valence-electron chi connectivity index (χ2n) is 4.56. The van der Waals surface area contributed by atoms with Crippen LogP contribution < -0.4 is 5.32 Å². The van der Waals surface area contributed by atoms with E-state index in [2.05, 4.69) is 15.4 Å². The van der Waals surface area contributed by atoms with Gasteiger partial charge in [0.15, 0.2) is 0 Å². The smallest absolute Gasteiger partial charge is 0.138 e. The molecule has 2 aromatic rings. The minimum Gasteiger partial charge on any atom is -0.497 e. The van der Waals surface area contributed by atoms with Crippen LogP contribution >= 0.6 is 11.6 Å². The molecule has 104 valence electrons. The van der Waals surface area contributed by atoms with Crippen molar-refractivity contribution in [1.82, 2.24) is 14.8 Å². The SMILES string of the molecule is Clc1cccc(NCC2CCC=CO2)c1-n1cncn1. The van der Waals surface area contributed by atoms with E-state index < -0.39 is 0 Å². The van der Waals surface area contributed by atoms with E-state index in [0.29, 0.717) is 5.02 Å². The Morgan fingerprint density at radius 1 is 1.45 bits per heavy atom. The molecule has 0 spiro atoms. The zero-order valence-electron chi connectivity index (χ0n) is 10.9. The normalized spacial score (nSPS) is 17.8. The summed E-state index contributed by atoms with van der Waals surface area (Å²) in [6, 6.07) is 5.72. The molecule has 1 N–H and O–H groups in total. The number of ether oxygens (including phenoxy) is 1. The Labute approximate surface area is 122 Å². The molecule has 0 amide bonds. The Kier molecular flexibility index (Phi) is 3.87. The maximum atomic E-state index is 6.27. The van der Waals surface area contributed by atoms with Gasteiger partial charge in [-0.25, -0.2) is 9.67 Å². The van der Waals surface area contributed by atoms with E-state index in [-0.39, 0.29) is 6.10 Å². The van der Waals surface area contributed by atoms with Crippen LogP contribution in [0.25, 0.3) is 5.69 Å². The summed E-state index contributed by atoms with van der Waals surface area (Å²) < 4.78 is 7.21. The molecule has 0 saturated carbocycles. The Balaban J connectivity index is 1.79. The van der Waals surface area contributed by atoms with Gasteiger partial charge in [0.25, 0.3) is 0 Å². The molecule has 1 aromatic heterocycles. The molecule has 1 atom stereocenters. The van der Waals surface area contributed by atoms with Crippen LogP contribution in [-0.2, 0) is 4.74 Å². The van der Waals surface area contributed by atoms with Crippen molar-refractivity contribution < 1.29 is 4.74 Å². The number of nitrogens with zero attached hydrogens (tertiary/aromatic N) is 3. The topological polar surface area (TPSA) is 52.0 Å². The molecule has 20 heavy (non-hydrogen) atoms. The maximum Gasteiger partial charge on any atom is 0.138 e. The van der Waals surface area contributed by atoms with Crippen LogP contribution in [-0.4, -0.2) is 27.4 Å². The average Bonchev–Trinajstić information content (AvgIpc) is 3.00. The predicted molar refractivity (Wildman–Crippen MR) is 78.1 cm³/mol. The zero-order valence-corrected chi connectivity index (χ0v) is 11.6. The third-order valence-corrected chi connectivity index (χ3v) is 3.48. The van der Waals surface area contributed by atoms with Crippen LogP contribution in [0.3, 0.4) is 0 Å². The van der Waals surface area contributed by atoms with Gasteiger partial charge in [-0.15, -0.1) is 0 Å². The molecule has 2 heterocycles. The van der Waals surface area contributed by atoms with Crippen molar-refractivity contribution in [3.8, 4) is 5.69 Å². The lowest BCUT2D eigenvalue weighted by Gasteiger charge is -2.21. The first-order valence-corrected chi connectivity index (χ1v) is 6.90. The van der Waals surface area contributed by atoms with Crippen LogP contribution in [0.2, 0.25) is 5.02 Å². The highest BCUT2D eigenvalue weighted by Gasteiger charge is 2.14. The summed E-state index contributed by atoms with van der Waals surface area (Å²) >= 11 is 6.27. The first kappa shape index (κ1) is 13.0. The summed E-state index contributed by atoms with van der Waals surface area (Å²) in [5.41, 5.74) is 1.72. The minimum absolute atomic E-state index is 0.183. The highest BCUT2D eigenvalue weighted by Crippen LogP contribution is 2.28. The van der Waals surface area contributed by atoms with E-state index >= 15 is 0 Å². The fourth-order valence-electron chi connectivity index (χ4n) is 2.17. The van der Waals surface area contributed by atoms with Gasteiger partial charge in [0.1, 0.15) is 24.4 Å².